The topological polar surface area (TPSA) is 32.3 Å². The Morgan fingerprint density at radius 2 is 2.18 bits per heavy atom. The van der Waals surface area contributed by atoms with Crippen LogP contribution in [0.2, 0.25) is 0 Å². The second kappa shape index (κ2) is 4.97. The van der Waals surface area contributed by atoms with Gasteiger partial charge in [0.1, 0.15) is 0 Å². The molecule has 98 valence electrons. The molecule has 0 aromatic heterocycles. The van der Waals surface area contributed by atoms with Gasteiger partial charge in [-0.3, -0.25) is 4.79 Å². The van der Waals surface area contributed by atoms with E-state index in [1.165, 1.54) is 12.8 Å². The Labute approximate surface area is 105 Å². The van der Waals surface area contributed by atoms with Crippen LogP contribution in [-0.4, -0.2) is 36.5 Å². The summed E-state index contributed by atoms with van der Waals surface area (Å²) in [7, 11) is 0. The maximum Gasteiger partial charge on any atom is 0.239 e. The zero-order valence-electron chi connectivity index (χ0n) is 11.5. The van der Waals surface area contributed by atoms with E-state index in [4.69, 9.17) is 0 Å². The number of hydrogen-bond acceptors (Lipinski definition) is 2. The number of carbonyl (C=O) groups is 1. The van der Waals surface area contributed by atoms with Gasteiger partial charge < -0.3 is 10.2 Å². The molecular formula is C14H26N2O. The van der Waals surface area contributed by atoms with Crippen molar-refractivity contribution in [3.8, 4) is 0 Å². The molecule has 2 rings (SSSR count). The summed E-state index contributed by atoms with van der Waals surface area (Å²) in [4.78, 5) is 14.4. The summed E-state index contributed by atoms with van der Waals surface area (Å²) in [5.74, 6) is 1.04. The minimum Gasteiger partial charge on any atom is -0.341 e. The fraction of sp³-hybridized carbons (Fsp3) is 0.929. The maximum absolute atomic E-state index is 12.3. The molecule has 0 spiro atoms. The first-order chi connectivity index (χ1) is 8.09. The minimum atomic E-state index is 0.0803. The van der Waals surface area contributed by atoms with Crippen LogP contribution >= 0.6 is 0 Å². The molecule has 1 aliphatic carbocycles. The Balaban J connectivity index is 1.94. The van der Waals surface area contributed by atoms with Crippen molar-refractivity contribution < 1.29 is 4.79 Å². The van der Waals surface area contributed by atoms with Gasteiger partial charge in [0.05, 0.1) is 6.04 Å². The van der Waals surface area contributed by atoms with Crippen LogP contribution in [0.4, 0.5) is 0 Å². The van der Waals surface area contributed by atoms with Crippen molar-refractivity contribution in [3.05, 3.63) is 0 Å². The molecule has 3 nitrogen and oxygen atoms in total. The maximum atomic E-state index is 12.3. The third kappa shape index (κ3) is 2.65. The molecular weight excluding hydrogens is 212 g/mol. The number of likely N-dealkylation sites (tertiary alicyclic amines) is 1. The van der Waals surface area contributed by atoms with Crippen LogP contribution in [0.25, 0.3) is 0 Å². The summed E-state index contributed by atoms with van der Waals surface area (Å²) in [6.07, 6.45) is 4.77. The quantitative estimate of drug-likeness (QED) is 0.795. The molecule has 0 aromatic rings. The van der Waals surface area contributed by atoms with Crippen LogP contribution < -0.4 is 5.32 Å². The van der Waals surface area contributed by atoms with Gasteiger partial charge in [-0.1, -0.05) is 20.8 Å². The monoisotopic (exact) mass is 238 g/mol. The summed E-state index contributed by atoms with van der Waals surface area (Å²) in [5, 5.41) is 3.31. The van der Waals surface area contributed by atoms with Crippen molar-refractivity contribution in [1.82, 2.24) is 10.2 Å². The van der Waals surface area contributed by atoms with E-state index in [2.05, 4.69) is 31.0 Å². The first kappa shape index (κ1) is 12.9. The number of likely N-dealkylation sites (N-methyl/N-ethyl adjacent to an activating group) is 1. The lowest BCUT2D eigenvalue weighted by atomic mass is 9.90. The van der Waals surface area contributed by atoms with Crippen molar-refractivity contribution in [2.24, 2.45) is 11.3 Å². The van der Waals surface area contributed by atoms with Gasteiger partial charge in [0.15, 0.2) is 0 Å². The lowest BCUT2D eigenvalue weighted by molar-refractivity contribution is -0.137. The van der Waals surface area contributed by atoms with E-state index in [9.17, 15) is 4.79 Å². The van der Waals surface area contributed by atoms with Gasteiger partial charge in [0.25, 0.3) is 0 Å². The molecule has 3 heteroatoms. The molecule has 1 atom stereocenters. The largest absolute Gasteiger partial charge is 0.341 e. The summed E-state index contributed by atoms with van der Waals surface area (Å²) < 4.78 is 0. The van der Waals surface area contributed by atoms with Gasteiger partial charge in [-0.15, -0.1) is 0 Å². The molecule has 0 radical (unpaired) electrons. The summed E-state index contributed by atoms with van der Waals surface area (Å²) >= 11 is 0. The minimum absolute atomic E-state index is 0.0803. The number of nitrogens with one attached hydrogen (secondary N) is 1. The Bertz CT molecular complexity index is 282. The van der Waals surface area contributed by atoms with Gasteiger partial charge in [-0.05, 0) is 43.6 Å². The second-order valence-electron chi connectivity index (χ2n) is 6.03. The standard InChI is InChI=1S/C14H26N2O/c1-4-15-12-6-5-9-16(13(12)17)10-14(7-8-14)11(2)3/h11-12,15H,4-10H2,1-3H3. The van der Waals surface area contributed by atoms with Crippen LogP contribution in [0.15, 0.2) is 0 Å². The average molecular weight is 238 g/mol. The van der Waals surface area contributed by atoms with Crippen molar-refractivity contribution in [1.29, 1.82) is 0 Å². The average Bonchev–Trinajstić information content (AvgIpc) is 3.05. The molecule has 1 heterocycles. The Hall–Kier alpha value is -0.570. The molecule has 1 amide bonds. The van der Waals surface area contributed by atoms with Crippen molar-refractivity contribution in [2.75, 3.05) is 19.6 Å². The Morgan fingerprint density at radius 3 is 2.71 bits per heavy atom. The van der Waals surface area contributed by atoms with Gasteiger partial charge in [-0.25, -0.2) is 0 Å². The molecule has 1 saturated heterocycles. The highest BCUT2D eigenvalue weighted by molar-refractivity contribution is 5.82. The predicted molar refractivity (Wildman–Crippen MR) is 69.8 cm³/mol. The molecule has 2 fully saturated rings. The molecule has 1 unspecified atom stereocenters. The van der Waals surface area contributed by atoms with E-state index in [0.29, 0.717) is 17.2 Å². The second-order valence-corrected chi connectivity index (χ2v) is 6.03. The van der Waals surface area contributed by atoms with Gasteiger partial charge in [-0.2, -0.15) is 0 Å². The lowest BCUT2D eigenvalue weighted by Gasteiger charge is -2.36. The van der Waals surface area contributed by atoms with Gasteiger partial charge in [0, 0.05) is 13.1 Å². The molecule has 0 aromatic carbocycles. The number of carbonyl (C=O) groups excluding carboxylic acids is 1. The summed E-state index contributed by atoms with van der Waals surface area (Å²) in [6.45, 7) is 9.51. The van der Waals surface area contributed by atoms with E-state index < -0.39 is 0 Å². The highest BCUT2D eigenvalue weighted by Crippen LogP contribution is 2.52. The lowest BCUT2D eigenvalue weighted by Crippen LogP contribution is -2.52. The van der Waals surface area contributed by atoms with Crippen molar-refractivity contribution >= 4 is 5.91 Å². The Kier molecular flexibility index (Phi) is 3.76. The smallest absolute Gasteiger partial charge is 0.239 e. The van der Waals surface area contributed by atoms with Crippen LogP contribution in [0, 0.1) is 11.3 Å². The van der Waals surface area contributed by atoms with E-state index in [1.54, 1.807) is 0 Å². The highest BCUT2D eigenvalue weighted by atomic mass is 16.2. The molecule has 2 aliphatic rings. The summed E-state index contributed by atoms with van der Waals surface area (Å²) in [6, 6.07) is 0.0803. The molecule has 17 heavy (non-hydrogen) atoms. The Morgan fingerprint density at radius 1 is 1.47 bits per heavy atom. The predicted octanol–water partition coefficient (Wildman–Crippen LogP) is 2.02. The normalized spacial score (nSPS) is 27.6. The first-order valence-corrected chi connectivity index (χ1v) is 7.11. The fourth-order valence-electron chi connectivity index (χ4n) is 2.99. The molecule has 1 N–H and O–H groups in total. The number of nitrogens with zero attached hydrogens (tertiary/aromatic N) is 1. The van der Waals surface area contributed by atoms with Gasteiger partial charge >= 0.3 is 0 Å². The molecule has 0 bridgehead atoms. The molecule has 1 aliphatic heterocycles. The van der Waals surface area contributed by atoms with Crippen LogP contribution in [-0.2, 0) is 4.79 Å². The highest BCUT2D eigenvalue weighted by Gasteiger charge is 2.47. The van der Waals surface area contributed by atoms with E-state index >= 15 is 0 Å². The van der Waals surface area contributed by atoms with Crippen LogP contribution in [0.3, 0.4) is 0 Å². The van der Waals surface area contributed by atoms with E-state index in [0.717, 1.165) is 32.5 Å². The third-order valence-electron chi connectivity index (χ3n) is 4.60. The number of piperidine rings is 1. The zero-order valence-corrected chi connectivity index (χ0v) is 11.5. The number of hydrogen-bond donors (Lipinski definition) is 1. The van der Waals surface area contributed by atoms with Gasteiger partial charge in [0.2, 0.25) is 5.91 Å². The zero-order chi connectivity index (χ0) is 12.5. The third-order valence-corrected chi connectivity index (χ3v) is 4.60. The van der Waals surface area contributed by atoms with E-state index in [-0.39, 0.29) is 6.04 Å². The molecule has 1 saturated carbocycles. The van der Waals surface area contributed by atoms with Crippen molar-refractivity contribution in [2.45, 2.75) is 52.5 Å². The first-order valence-electron chi connectivity index (χ1n) is 7.11. The summed E-state index contributed by atoms with van der Waals surface area (Å²) in [5.41, 5.74) is 0.448. The van der Waals surface area contributed by atoms with Crippen LogP contribution in [0.5, 0.6) is 0 Å². The SMILES string of the molecule is CCNC1CCCN(CC2(C(C)C)CC2)C1=O. The van der Waals surface area contributed by atoms with Crippen molar-refractivity contribution in [3.63, 3.8) is 0 Å². The fourth-order valence-corrected chi connectivity index (χ4v) is 2.99. The van der Waals surface area contributed by atoms with Crippen LogP contribution in [0.1, 0.15) is 46.5 Å². The number of amides is 1. The number of rotatable bonds is 5. The van der Waals surface area contributed by atoms with E-state index in [1.807, 2.05) is 0 Å².